The molecule has 4 atom stereocenters. The van der Waals surface area contributed by atoms with Crippen molar-refractivity contribution in [2.75, 3.05) is 13.1 Å². The van der Waals surface area contributed by atoms with Gasteiger partial charge in [0.15, 0.2) is 0 Å². The molecule has 0 spiro atoms. The van der Waals surface area contributed by atoms with Crippen LogP contribution >= 0.6 is 0 Å². The first-order chi connectivity index (χ1) is 9.88. The van der Waals surface area contributed by atoms with E-state index >= 15 is 0 Å². The summed E-state index contributed by atoms with van der Waals surface area (Å²) in [6.45, 7) is 6.52. The van der Waals surface area contributed by atoms with Crippen LogP contribution in [0.3, 0.4) is 0 Å². The Balaban J connectivity index is 1.64. The van der Waals surface area contributed by atoms with Crippen LogP contribution in [0.25, 0.3) is 0 Å². The van der Waals surface area contributed by atoms with Gasteiger partial charge in [-0.3, -0.25) is 0 Å². The molecule has 1 heterocycles. The van der Waals surface area contributed by atoms with Gasteiger partial charge in [0.05, 0.1) is 18.2 Å². The molecule has 2 aliphatic carbocycles. The molecular weight excluding hydrogens is 274 g/mol. The minimum absolute atomic E-state index is 0.0906. The SMILES string of the molecule is CC(C)N1CC2CCC(C1)C2O[C@H]1CCCC(F)(F)[C@@H]1N. The fraction of sp³-hybridized carbons (Fsp3) is 1.00. The quantitative estimate of drug-likeness (QED) is 0.871. The summed E-state index contributed by atoms with van der Waals surface area (Å²) >= 11 is 0. The molecule has 3 rings (SSSR count). The smallest absolute Gasteiger partial charge is 0.265 e. The van der Waals surface area contributed by atoms with Gasteiger partial charge < -0.3 is 15.4 Å². The van der Waals surface area contributed by atoms with Crippen molar-refractivity contribution in [3.05, 3.63) is 0 Å². The maximum absolute atomic E-state index is 13.8. The Morgan fingerprint density at radius 3 is 2.33 bits per heavy atom. The van der Waals surface area contributed by atoms with Gasteiger partial charge in [-0.1, -0.05) is 0 Å². The molecule has 2 N–H and O–H groups in total. The standard InChI is InChI=1S/C16H28F2N2O/c1-10(2)20-8-11-5-6-12(9-20)14(11)21-13-4-3-7-16(17,18)15(13)19/h10-15H,3-9,19H2,1-2H3/t11?,12?,13-,14?,15+/m0/s1. The molecule has 0 amide bonds. The molecule has 21 heavy (non-hydrogen) atoms. The summed E-state index contributed by atoms with van der Waals surface area (Å²) in [5, 5.41) is 0. The van der Waals surface area contributed by atoms with Crippen LogP contribution < -0.4 is 5.73 Å². The van der Waals surface area contributed by atoms with Crippen LogP contribution in [0.5, 0.6) is 0 Å². The van der Waals surface area contributed by atoms with Crippen LogP contribution in [0.1, 0.15) is 46.0 Å². The lowest BCUT2D eigenvalue weighted by atomic mass is 9.88. The van der Waals surface area contributed by atoms with Gasteiger partial charge in [-0.15, -0.1) is 0 Å². The molecule has 0 aromatic heterocycles. The van der Waals surface area contributed by atoms with Crippen LogP contribution in [-0.2, 0) is 4.74 Å². The molecular formula is C16H28F2N2O. The van der Waals surface area contributed by atoms with Crippen molar-refractivity contribution in [1.29, 1.82) is 0 Å². The summed E-state index contributed by atoms with van der Waals surface area (Å²) in [7, 11) is 0. The topological polar surface area (TPSA) is 38.5 Å². The maximum Gasteiger partial charge on any atom is 0.265 e. The number of alkyl halides is 2. The Hall–Kier alpha value is -0.260. The third-order valence-corrected chi connectivity index (χ3v) is 5.72. The molecule has 3 aliphatic rings. The van der Waals surface area contributed by atoms with Gasteiger partial charge >= 0.3 is 0 Å². The molecule has 2 bridgehead atoms. The third kappa shape index (κ3) is 2.97. The number of piperidine rings is 1. The lowest BCUT2D eigenvalue weighted by Gasteiger charge is -2.43. The fourth-order valence-electron chi connectivity index (χ4n) is 4.36. The highest BCUT2D eigenvalue weighted by Crippen LogP contribution is 2.42. The molecule has 0 aromatic carbocycles. The zero-order valence-corrected chi connectivity index (χ0v) is 13.1. The van der Waals surface area contributed by atoms with Crippen LogP contribution in [0.15, 0.2) is 0 Å². The normalized spacial score (nSPS) is 43.4. The van der Waals surface area contributed by atoms with Gasteiger partial charge in [0.1, 0.15) is 0 Å². The molecule has 0 radical (unpaired) electrons. The lowest BCUT2D eigenvalue weighted by molar-refractivity contribution is -0.155. The van der Waals surface area contributed by atoms with Crippen molar-refractivity contribution in [1.82, 2.24) is 4.90 Å². The summed E-state index contributed by atoms with van der Waals surface area (Å²) in [5.74, 6) is -1.77. The van der Waals surface area contributed by atoms with E-state index in [-0.39, 0.29) is 12.5 Å². The molecule has 1 saturated heterocycles. The number of hydrogen-bond acceptors (Lipinski definition) is 3. The van der Waals surface area contributed by atoms with E-state index in [9.17, 15) is 8.78 Å². The van der Waals surface area contributed by atoms with Crippen molar-refractivity contribution >= 4 is 0 Å². The number of likely N-dealkylation sites (tertiary alicyclic amines) is 1. The number of nitrogens with zero attached hydrogens (tertiary/aromatic N) is 1. The van der Waals surface area contributed by atoms with E-state index in [1.54, 1.807) is 0 Å². The molecule has 3 nitrogen and oxygen atoms in total. The van der Waals surface area contributed by atoms with Crippen LogP contribution in [0.2, 0.25) is 0 Å². The Bertz CT molecular complexity index is 363. The van der Waals surface area contributed by atoms with Gasteiger partial charge in [-0.25, -0.2) is 8.78 Å². The van der Waals surface area contributed by atoms with E-state index in [4.69, 9.17) is 10.5 Å². The average Bonchev–Trinajstić information content (AvgIpc) is 2.65. The van der Waals surface area contributed by atoms with Crippen molar-refractivity contribution in [2.24, 2.45) is 17.6 Å². The predicted octanol–water partition coefficient (Wildman–Crippen LogP) is 2.64. The highest BCUT2D eigenvalue weighted by Gasteiger charge is 2.49. The monoisotopic (exact) mass is 302 g/mol. The summed E-state index contributed by atoms with van der Waals surface area (Å²) in [6.07, 6.45) is 3.12. The molecule has 5 heteroatoms. The Morgan fingerprint density at radius 2 is 1.76 bits per heavy atom. The molecule has 122 valence electrons. The van der Waals surface area contributed by atoms with E-state index in [1.807, 2.05) is 0 Å². The second-order valence-corrected chi connectivity index (χ2v) is 7.46. The van der Waals surface area contributed by atoms with Crippen molar-refractivity contribution in [3.63, 3.8) is 0 Å². The number of nitrogens with two attached hydrogens (primary N) is 1. The Labute approximate surface area is 126 Å². The zero-order chi connectivity index (χ0) is 15.2. The summed E-state index contributed by atoms with van der Waals surface area (Å²) in [4.78, 5) is 2.50. The van der Waals surface area contributed by atoms with Crippen molar-refractivity contribution in [2.45, 2.75) is 76.2 Å². The Morgan fingerprint density at radius 1 is 1.14 bits per heavy atom. The number of rotatable bonds is 3. The van der Waals surface area contributed by atoms with Crippen LogP contribution in [0, 0.1) is 11.8 Å². The fourth-order valence-corrected chi connectivity index (χ4v) is 4.36. The highest BCUT2D eigenvalue weighted by molar-refractivity contribution is 4.98. The van der Waals surface area contributed by atoms with Crippen molar-refractivity contribution in [3.8, 4) is 0 Å². The van der Waals surface area contributed by atoms with Gasteiger partial charge in [0.2, 0.25) is 0 Å². The van der Waals surface area contributed by atoms with Crippen LogP contribution in [-0.4, -0.2) is 48.2 Å². The first kappa shape index (κ1) is 15.6. The molecule has 0 aromatic rings. The predicted molar refractivity (Wildman–Crippen MR) is 78.4 cm³/mol. The zero-order valence-electron chi connectivity index (χ0n) is 13.1. The number of ether oxygens (including phenoxy) is 1. The average molecular weight is 302 g/mol. The van der Waals surface area contributed by atoms with E-state index in [2.05, 4.69) is 18.7 Å². The molecule has 3 fully saturated rings. The molecule has 2 saturated carbocycles. The van der Waals surface area contributed by atoms with Crippen LogP contribution in [0.4, 0.5) is 8.78 Å². The summed E-state index contributed by atoms with van der Waals surface area (Å²) in [6, 6.07) is -0.580. The minimum atomic E-state index is -2.76. The first-order valence-corrected chi connectivity index (χ1v) is 8.41. The second kappa shape index (κ2) is 5.74. The van der Waals surface area contributed by atoms with Gasteiger partial charge in [-0.2, -0.15) is 0 Å². The minimum Gasteiger partial charge on any atom is -0.372 e. The maximum atomic E-state index is 13.8. The van der Waals surface area contributed by atoms with Gasteiger partial charge in [0.25, 0.3) is 5.92 Å². The number of hydrogen-bond donors (Lipinski definition) is 1. The number of halogens is 2. The van der Waals surface area contributed by atoms with E-state index in [0.29, 0.717) is 30.7 Å². The van der Waals surface area contributed by atoms with Crippen molar-refractivity contribution < 1.29 is 13.5 Å². The van der Waals surface area contributed by atoms with E-state index in [0.717, 1.165) is 25.9 Å². The number of fused-ring (bicyclic) bond motifs is 2. The summed E-state index contributed by atoms with van der Waals surface area (Å²) < 4.78 is 33.7. The Kier molecular flexibility index (Phi) is 4.27. The lowest BCUT2D eigenvalue weighted by Crippen LogP contribution is -2.56. The first-order valence-electron chi connectivity index (χ1n) is 8.41. The van der Waals surface area contributed by atoms with Gasteiger partial charge in [-0.05, 0) is 51.4 Å². The molecule has 2 unspecified atom stereocenters. The summed E-state index contributed by atoms with van der Waals surface area (Å²) in [5.41, 5.74) is 5.78. The largest absolute Gasteiger partial charge is 0.372 e. The molecule has 1 aliphatic heterocycles. The highest BCUT2D eigenvalue weighted by atomic mass is 19.3. The van der Waals surface area contributed by atoms with E-state index in [1.165, 1.54) is 0 Å². The third-order valence-electron chi connectivity index (χ3n) is 5.72. The van der Waals surface area contributed by atoms with E-state index < -0.39 is 18.1 Å². The van der Waals surface area contributed by atoms with Gasteiger partial charge in [0, 0.05) is 25.6 Å². The second-order valence-electron chi connectivity index (χ2n) is 7.46.